The molecule has 0 spiro atoms. The fourth-order valence-electron chi connectivity index (χ4n) is 1.83. The van der Waals surface area contributed by atoms with Gasteiger partial charge in [0.15, 0.2) is 0 Å². The van der Waals surface area contributed by atoms with Crippen molar-refractivity contribution in [3.05, 3.63) is 28.5 Å². The normalized spacial score (nSPS) is 20.7. The number of hydrogen-bond donors (Lipinski definition) is 1. The van der Waals surface area contributed by atoms with E-state index in [0.29, 0.717) is 23.3 Å². The maximum absolute atomic E-state index is 11.9. The molecular formula is C12H16BrN3O2. The van der Waals surface area contributed by atoms with Gasteiger partial charge in [0.1, 0.15) is 5.69 Å². The van der Waals surface area contributed by atoms with Crippen molar-refractivity contribution in [1.29, 1.82) is 0 Å². The highest BCUT2D eigenvalue weighted by Crippen LogP contribution is 2.12. The van der Waals surface area contributed by atoms with Crippen LogP contribution in [0.4, 0.5) is 0 Å². The van der Waals surface area contributed by atoms with E-state index in [1.807, 2.05) is 7.05 Å². The highest BCUT2D eigenvalue weighted by Gasteiger charge is 2.19. The molecule has 0 aromatic carbocycles. The molecule has 1 aliphatic heterocycles. The van der Waals surface area contributed by atoms with Crippen LogP contribution in [0, 0.1) is 0 Å². The van der Waals surface area contributed by atoms with Crippen molar-refractivity contribution >= 4 is 21.8 Å². The number of amides is 1. The third-order valence-electron chi connectivity index (χ3n) is 2.81. The van der Waals surface area contributed by atoms with Crippen molar-refractivity contribution in [2.75, 3.05) is 33.3 Å². The van der Waals surface area contributed by atoms with Crippen molar-refractivity contribution in [2.45, 2.75) is 6.10 Å². The largest absolute Gasteiger partial charge is 0.374 e. The molecule has 0 aliphatic carbocycles. The first-order valence-corrected chi connectivity index (χ1v) is 6.65. The van der Waals surface area contributed by atoms with Gasteiger partial charge in [0.25, 0.3) is 5.91 Å². The maximum atomic E-state index is 11.9. The first-order chi connectivity index (χ1) is 8.66. The molecule has 0 bridgehead atoms. The number of ether oxygens (including phenoxy) is 1. The van der Waals surface area contributed by atoms with Gasteiger partial charge in [0, 0.05) is 30.3 Å². The monoisotopic (exact) mass is 313 g/mol. The molecule has 2 rings (SSSR count). The van der Waals surface area contributed by atoms with Crippen LogP contribution in [-0.4, -0.2) is 55.2 Å². The summed E-state index contributed by atoms with van der Waals surface area (Å²) >= 11 is 3.31. The molecule has 1 fully saturated rings. The van der Waals surface area contributed by atoms with Gasteiger partial charge in [0.05, 0.1) is 12.7 Å². The van der Waals surface area contributed by atoms with E-state index in [-0.39, 0.29) is 12.0 Å². The summed E-state index contributed by atoms with van der Waals surface area (Å²) in [5.41, 5.74) is 0.404. The van der Waals surface area contributed by atoms with Gasteiger partial charge in [-0.25, -0.2) is 4.98 Å². The number of halogens is 1. The number of likely N-dealkylation sites (N-methyl/N-ethyl adjacent to an activating group) is 1. The van der Waals surface area contributed by atoms with Crippen molar-refractivity contribution < 1.29 is 9.53 Å². The van der Waals surface area contributed by atoms with E-state index >= 15 is 0 Å². The Kier molecular flexibility index (Phi) is 4.68. The molecule has 2 heterocycles. The molecule has 1 amide bonds. The van der Waals surface area contributed by atoms with Gasteiger partial charge < -0.3 is 15.0 Å². The first kappa shape index (κ1) is 13.5. The SMILES string of the molecule is CN1CCOC(CNC(=O)c2ncccc2Br)C1. The maximum Gasteiger partial charge on any atom is 0.271 e. The molecule has 1 aromatic heterocycles. The number of rotatable bonds is 3. The Morgan fingerprint density at radius 1 is 1.72 bits per heavy atom. The predicted molar refractivity (Wildman–Crippen MR) is 71.5 cm³/mol. The average molecular weight is 314 g/mol. The number of nitrogens with one attached hydrogen (secondary N) is 1. The lowest BCUT2D eigenvalue weighted by atomic mass is 10.2. The van der Waals surface area contributed by atoms with Crippen molar-refractivity contribution in [3.8, 4) is 0 Å². The van der Waals surface area contributed by atoms with E-state index in [1.165, 1.54) is 0 Å². The molecule has 0 saturated carbocycles. The molecule has 98 valence electrons. The van der Waals surface area contributed by atoms with Crippen LogP contribution in [-0.2, 0) is 4.74 Å². The Morgan fingerprint density at radius 2 is 2.56 bits per heavy atom. The zero-order valence-electron chi connectivity index (χ0n) is 10.2. The van der Waals surface area contributed by atoms with Crippen LogP contribution in [0.25, 0.3) is 0 Å². The summed E-state index contributed by atoms with van der Waals surface area (Å²) in [6.45, 7) is 3.00. The number of carbonyl (C=O) groups is 1. The molecular weight excluding hydrogens is 298 g/mol. The van der Waals surface area contributed by atoms with E-state index < -0.39 is 0 Å². The van der Waals surface area contributed by atoms with Crippen molar-refractivity contribution in [3.63, 3.8) is 0 Å². The fraction of sp³-hybridized carbons (Fsp3) is 0.500. The number of carbonyl (C=O) groups excluding carboxylic acids is 1. The molecule has 1 N–H and O–H groups in total. The Hall–Kier alpha value is -0.980. The van der Waals surface area contributed by atoms with Crippen LogP contribution < -0.4 is 5.32 Å². The van der Waals surface area contributed by atoms with Crippen LogP contribution in [0.1, 0.15) is 10.5 Å². The fourth-order valence-corrected chi connectivity index (χ4v) is 2.27. The van der Waals surface area contributed by atoms with E-state index in [1.54, 1.807) is 18.3 Å². The smallest absolute Gasteiger partial charge is 0.271 e. The second-order valence-electron chi connectivity index (χ2n) is 4.30. The Labute approximate surface area is 115 Å². The Morgan fingerprint density at radius 3 is 3.28 bits per heavy atom. The van der Waals surface area contributed by atoms with E-state index in [0.717, 1.165) is 13.1 Å². The topological polar surface area (TPSA) is 54.5 Å². The van der Waals surface area contributed by atoms with Crippen LogP contribution in [0.3, 0.4) is 0 Å². The van der Waals surface area contributed by atoms with Crippen LogP contribution in [0.15, 0.2) is 22.8 Å². The van der Waals surface area contributed by atoms with E-state index in [9.17, 15) is 4.79 Å². The van der Waals surface area contributed by atoms with Gasteiger partial charge in [0.2, 0.25) is 0 Å². The molecule has 18 heavy (non-hydrogen) atoms. The van der Waals surface area contributed by atoms with Gasteiger partial charge in [-0.1, -0.05) is 0 Å². The number of hydrogen-bond acceptors (Lipinski definition) is 4. The Balaban J connectivity index is 1.87. The van der Waals surface area contributed by atoms with Crippen molar-refractivity contribution in [1.82, 2.24) is 15.2 Å². The van der Waals surface area contributed by atoms with Crippen LogP contribution >= 0.6 is 15.9 Å². The molecule has 1 saturated heterocycles. The summed E-state index contributed by atoms with van der Waals surface area (Å²) in [6.07, 6.45) is 1.65. The average Bonchev–Trinajstić information content (AvgIpc) is 2.37. The molecule has 1 aliphatic rings. The number of nitrogens with zero attached hydrogens (tertiary/aromatic N) is 2. The van der Waals surface area contributed by atoms with E-state index in [4.69, 9.17) is 4.74 Å². The van der Waals surface area contributed by atoms with Crippen molar-refractivity contribution in [2.24, 2.45) is 0 Å². The van der Waals surface area contributed by atoms with Gasteiger partial charge in [-0.15, -0.1) is 0 Å². The third kappa shape index (κ3) is 3.51. The van der Waals surface area contributed by atoms with Gasteiger partial charge in [-0.2, -0.15) is 0 Å². The third-order valence-corrected chi connectivity index (χ3v) is 3.45. The standard InChI is InChI=1S/C12H16BrN3O2/c1-16-5-6-18-9(8-16)7-15-12(17)11-10(13)3-2-4-14-11/h2-4,9H,5-8H2,1H3,(H,15,17). The van der Waals surface area contributed by atoms with Gasteiger partial charge >= 0.3 is 0 Å². The number of aromatic nitrogens is 1. The summed E-state index contributed by atoms with van der Waals surface area (Å²) in [5, 5.41) is 2.85. The molecule has 5 nitrogen and oxygen atoms in total. The molecule has 1 atom stereocenters. The first-order valence-electron chi connectivity index (χ1n) is 5.85. The quantitative estimate of drug-likeness (QED) is 0.901. The minimum atomic E-state index is -0.181. The highest BCUT2D eigenvalue weighted by atomic mass is 79.9. The predicted octanol–water partition coefficient (Wildman–Crippen LogP) is 0.905. The molecule has 6 heteroatoms. The molecule has 1 aromatic rings. The summed E-state index contributed by atoms with van der Waals surface area (Å²) in [6, 6.07) is 3.58. The van der Waals surface area contributed by atoms with Gasteiger partial charge in [-0.05, 0) is 35.1 Å². The minimum absolute atomic E-state index is 0.0511. The summed E-state index contributed by atoms with van der Waals surface area (Å²) in [7, 11) is 2.05. The zero-order valence-corrected chi connectivity index (χ0v) is 11.8. The summed E-state index contributed by atoms with van der Waals surface area (Å²) < 4.78 is 6.27. The summed E-state index contributed by atoms with van der Waals surface area (Å²) in [5.74, 6) is -0.181. The van der Waals surface area contributed by atoms with Crippen LogP contribution in [0.5, 0.6) is 0 Å². The lowest BCUT2D eigenvalue weighted by molar-refractivity contribution is -0.0175. The zero-order chi connectivity index (χ0) is 13.0. The lowest BCUT2D eigenvalue weighted by Crippen LogP contribution is -2.46. The summed E-state index contributed by atoms with van der Waals surface area (Å²) in [4.78, 5) is 18.2. The number of morpholine rings is 1. The lowest BCUT2D eigenvalue weighted by Gasteiger charge is -2.30. The van der Waals surface area contributed by atoms with Crippen LogP contribution in [0.2, 0.25) is 0 Å². The molecule has 1 unspecified atom stereocenters. The van der Waals surface area contributed by atoms with E-state index in [2.05, 4.69) is 31.1 Å². The Bertz CT molecular complexity index is 428. The molecule has 0 radical (unpaired) electrons. The minimum Gasteiger partial charge on any atom is -0.374 e. The highest BCUT2D eigenvalue weighted by molar-refractivity contribution is 9.10. The number of pyridine rings is 1. The van der Waals surface area contributed by atoms with Gasteiger partial charge in [-0.3, -0.25) is 4.79 Å². The second kappa shape index (κ2) is 6.26. The second-order valence-corrected chi connectivity index (χ2v) is 5.15.